The molecule has 0 bridgehead atoms. The Hall–Kier alpha value is -3.12. The summed E-state index contributed by atoms with van der Waals surface area (Å²) in [7, 11) is 0. The molecule has 1 atom stereocenters. The summed E-state index contributed by atoms with van der Waals surface area (Å²) in [6.07, 6.45) is 1.81. The number of carbonyl (C=O) groups is 2. The van der Waals surface area contributed by atoms with Crippen molar-refractivity contribution in [1.82, 2.24) is 9.78 Å². The fourth-order valence-corrected chi connectivity index (χ4v) is 3.25. The number of hydrogen-bond donors (Lipinski definition) is 2. The number of nitrogens with zero attached hydrogens (tertiary/aromatic N) is 2. The number of hydrogen-bond acceptors (Lipinski definition) is 3. The minimum absolute atomic E-state index is 0.0936. The fraction of sp³-hybridized carbons (Fsp3) is 0.150. The van der Waals surface area contributed by atoms with Gasteiger partial charge in [0.1, 0.15) is 5.82 Å². The van der Waals surface area contributed by atoms with Crippen LogP contribution in [0.5, 0.6) is 0 Å². The van der Waals surface area contributed by atoms with Crippen molar-refractivity contribution in [3.63, 3.8) is 0 Å². The SMILES string of the molecule is O=C(C[C@@H]1Cn2ncc(-c3ccc(Cl)cc3)c2NC1=O)Nc1ccccc1. The Kier molecular flexibility index (Phi) is 4.64. The zero-order valence-corrected chi connectivity index (χ0v) is 15.1. The molecule has 136 valence electrons. The van der Waals surface area contributed by atoms with Gasteiger partial charge < -0.3 is 10.6 Å². The molecule has 0 aliphatic carbocycles. The Morgan fingerprint density at radius 3 is 2.67 bits per heavy atom. The van der Waals surface area contributed by atoms with Crippen LogP contribution in [0.15, 0.2) is 60.8 Å². The maximum atomic E-state index is 12.5. The van der Waals surface area contributed by atoms with Gasteiger partial charge in [0.25, 0.3) is 0 Å². The third-order valence-corrected chi connectivity index (χ3v) is 4.74. The van der Waals surface area contributed by atoms with Crippen LogP contribution in [0.2, 0.25) is 5.02 Å². The van der Waals surface area contributed by atoms with E-state index in [0.29, 0.717) is 23.1 Å². The van der Waals surface area contributed by atoms with Crippen molar-refractivity contribution in [2.75, 3.05) is 10.6 Å². The second kappa shape index (κ2) is 7.25. The van der Waals surface area contributed by atoms with Crippen molar-refractivity contribution in [3.8, 4) is 11.1 Å². The van der Waals surface area contributed by atoms with Gasteiger partial charge in [-0.3, -0.25) is 9.59 Å². The van der Waals surface area contributed by atoms with Gasteiger partial charge in [0.15, 0.2) is 0 Å². The summed E-state index contributed by atoms with van der Waals surface area (Å²) in [6.45, 7) is 0.358. The summed E-state index contributed by atoms with van der Waals surface area (Å²) in [4.78, 5) is 24.8. The predicted molar refractivity (Wildman–Crippen MR) is 104 cm³/mol. The lowest BCUT2D eigenvalue weighted by molar-refractivity contribution is -0.125. The monoisotopic (exact) mass is 380 g/mol. The van der Waals surface area contributed by atoms with Crippen molar-refractivity contribution >= 4 is 34.9 Å². The van der Waals surface area contributed by atoms with Crippen LogP contribution in [0.3, 0.4) is 0 Å². The number of halogens is 1. The van der Waals surface area contributed by atoms with Crippen molar-refractivity contribution in [3.05, 3.63) is 65.8 Å². The molecule has 2 N–H and O–H groups in total. The predicted octanol–water partition coefficient (Wildman–Crippen LogP) is 3.80. The first-order valence-electron chi connectivity index (χ1n) is 8.57. The Balaban J connectivity index is 1.48. The van der Waals surface area contributed by atoms with E-state index in [9.17, 15) is 9.59 Å². The van der Waals surface area contributed by atoms with Gasteiger partial charge in [-0.15, -0.1) is 0 Å². The van der Waals surface area contributed by atoms with E-state index in [4.69, 9.17) is 11.6 Å². The third-order valence-electron chi connectivity index (χ3n) is 4.49. The average Bonchev–Trinajstić information content (AvgIpc) is 3.06. The van der Waals surface area contributed by atoms with Crippen LogP contribution in [0, 0.1) is 5.92 Å². The van der Waals surface area contributed by atoms with E-state index in [1.54, 1.807) is 23.0 Å². The van der Waals surface area contributed by atoms with E-state index in [2.05, 4.69) is 15.7 Å². The first-order valence-corrected chi connectivity index (χ1v) is 8.95. The summed E-state index contributed by atoms with van der Waals surface area (Å²) in [5, 5.41) is 10.7. The molecule has 0 unspecified atom stereocenters. The molecule has 2 amide bonds. The van der Waals surface area contributed by atoms with Crippen LogP contribution in [0.1, 0.15) is 6.42 Å². The maximum Gasteiger partial charge on any atom is 0.231 e. The van der Waals surface area contributed by atoms with Gasteiger partial charge in [0, 0.05) is 22.7 Å². The zero-order valence-electron chi connectivity index (χ0n) is 14.4. The van der Waals surface area contributed by atoms with Crippen LogP contribution in [-0.4, -0.2) is 21.6 Å². The topological polar surface area (TPSA) is 76.0 Å². The largest absolute Gasteiger partial charge is 0.326 e. The van der Waals surface area contributed by atoms with Gasteiger partial charge in [-0.25, -0.2) is 4.68 Å². The minimum Gasteiger partial charge on any atom is -0.326 e. The van der Waals surface area contributed by atoms with Gasteiger partial charge in [-0.2, -0.15) is 5.10 Å². The van der Waals surface area contributed by atoms with E-state index in [0.717, 1.165) is 11.1 Å². The summed E-state index contributed by atoms with van der Waals surface area (Å²) in [6, 6.07) is 16.5. The normalized spacial score (nSPS) is 15.7. The van der Waals surface area contributed by atoms with Crippen LogP contribution in [0.4, 0.5) is 11.5 Å². The fourth-order valence-electron chi connectivity index (χ4n) is 3.12. The molecule has 2 aromatic carbocycles. The second-order valence-corrected chi connectivity index (χ2v) is 6.84. The highest BCUT2D eigenvalue weighted by Gasteiger charge is 2.30. The summed E-state index contributed by atoms with van der Waals surface area (Å²) in [5.41, 5.74) is 2.46. The van der Waals surface area contributed by atoms with Crippen LogP contribution >= 0.6 is 11.6 Å². The van der Waals surface area contributed by atoms with E-state index >= 15 is 0 Å². The smallest absolute Gasteiger partial charge is 0.231 e. The highest BCUT2D eigenvalue weighted by molar-refractivity contribution is 6.30. The van der Waals surface area contributed by atoms with Gasteiger partial charge in [-0.05, 0) is 29.8 Å². The Labute approximate surface area is 161 Å². The van der Waals surface area contributed by atoms with E-state index in [1.165, 1.54) is 0 Å². The van der Waals surface area contributed by atoms with Crippen molar-refractivity contribution in [2.24, 2.45) is 5.92 Å². The molecule has 1 aliphatic rings. The van der Waals surface area contributed by atoms with E-state index < -0.39 is 5.92 Å². The summed E-state index contributed by atoms with van der Waals surface area (Å²) >= 11 is 5.94. The highest BCUT2D eigenvalue weighted by atomic mass is 35.5. The molecule has 1 aliphatic heterocycles. The van der Waals surface area contributed by atoms with Crippen molar-refractivity contribution in [2.45, 2.75) is 13.0 Å². The molecule has 0 spiro atoms. The van der Waals surface area contributed by atoms with Gasteiger partial charge in [0.2, 0.25) is 11.8 Å². The molecule has 2 heterocycles. The summed E-state index contributed by atoms with van der Waals surface area (Å²) in [5.74, 6) is -0.211. The third kappa shape index (κ3) is 3.71. The van der Waals surface area contributed by atoms with Crippen LogP contribution < -0.4 is 10.6 Å². The molecule has 3 aromatic rings. The lowest BCUT2D eigenvalue weighted by Crippen LogP contribution is -2.36. The molecule has 27 heavy (non-hydrogen) atoms. The highest BCUT2D eigenvalue weighted by Crippen LogP contribution is 2.32. The Morgan fingerprint density at radius 1 is 1.19 bits per heavy atom. The second-order valence-electron chi connectivity index (χ2n) is 6.40. The number of carbonyl (C=O) groups excluding carboxylic acids is 2. The van der Waals surface area contributed by atoms with E-state index in [1.807, 2.05) is 42.5 Å². The van der Waals surface area contributed by atoms with E-state index in [-0.39, 0.29) is 18.2 Å². The van der Waals surface area contributed by atoms with Crippen molar-refractivity contribution in [1.29, 1.82) is 0 Å². The molecule has 0 saturated carbocycles. The summed E-state index contributed by atoms with van der Waals surface area (Å²) < 4.78 is 1.73. The molecule has 1 aromatic heterocycles. The number of benzene rings is 2. The molecule has 0 fully saturated rings. The molecule has 0 saturated heterocycles. The van der Waals surface area contributed by atoms with Gasteiger partial charge in [-0.1, -0.05) is 41.9 Å². The van der Waals surface area contributed by atoms with Gasteiger partial charge in [0.05, 0.1) is 18.7 Å². The minimum atomic E-state index is -0.473. The van der Waals surface area contributed by atoms with Crippen molar-refractivity contribution < 1.29 is 9.59 Å². The molecule has 6 nitrogen and oxygen atoms in total. The number of nitrogens with one attached hydrogen (secondary N) is 2. The Morgan fingerprint density at radius 2 is 1.93 bits per heavy atom. The molecule has 0 radical (unpaired) electrons. The first-order chi connectivity index (χ1) is 13.1. The number of para-hydroxylation sites is 1. The number of anilines is 2. The lowest BCUT2D eigenvalue weighted by atomic mass is 10.0. The lowest BCUT2D eigenvalue weighted by Gasteiger charge is -2.24. The molecule has 4 rings (SSSR count). The van der Waals surface area contributed by atoms with Crippen LogP contribution in [-0.2, 0) is 16.1 Å². The maximum absolute atomic E-state index is 12.5. The first kappa shape index (κ1) is 17.3. The number of aromatic nitrogens is 2. The average molecular weight is 381 g/mol. The molecule has 7 heteroatoms. The standard InChI is InChI=1S/C20H17ClN4O2/c21-15-8-6-13(7-9-15)17-11-22-25-12-14(20(27)24-19(17)25)10-18(26)23-16-4-2-1-3-5-16/h1-9,11,14H,10,12H2,(H,23,26)(H,24,27)/t14-/m1/s1. The zero-order chi connectivity index (χ0) is 18.8. The quantitative estimate of drug-likeness (QED) is 0.722. The number of fused-ring (bicyclic) bond motifs is 1. The number of rotatable bonds is 4. The molecular formula is C20H17ClN4O2. The Bertz CT molecular complexity index is 983. The van der Waals surface area contributed by atoms with Gasteiger partial charge >= 0.3 is 0 Å². The van der Waals surface area contributed by atoms with Crippen LogP contribution in [0.25, 0.3) is 11.1 Å². The molecular weight excluding hydrogens is 364 g/mol. The number of amides is 2.